The second-order valence-electron chi connectivity index (χ2n) is 5.56. The van der Waals surface area contributed by atoms with Gasteiger partial charge in [0.15, 0.2) is 0 Å². The van der Waals surface area contributed by atoms with Crippen molar-refractivity contribution in [2.45, 2.75) is 0 Å². The Balaban J connectivity index is 2.07. The van der Waals surface area contributed by atoms with Gasteiger partial charge < -0.3 is 10.2 Å². The average molecular weight is 345 g/mol. The number of carbonyl (C=O) groups is 2. The molecule has 5 nitrogen and oxygen atoms in total. The number of rotatable bonds is 5. The van der Waals surface area contributed by atoms with Crippen LogP contribution in [0.5, 0.6) is 0 Å². The average Bonchev–Trinajstić information content (AvgIpc) is 2.66. The zero-order valence-corrected chi connectivity index (χ0v) is 13.7. The summed E-state index contributed by atoms with van der Waals surface area (Å²) in [7, 11) is 0. The number of hydrogen-bond donors (Lipinski definition) is 2. The van der Waals surface area contributed by atoms with Crippen LogP contribution in [0.2, 0.25) is 0 Å². The number of aliphatic imine (C=N–C) groups is 1. The molecule has 26 heavy (non-hydrogen) atoms. The SMILES string of the molecule is O=C(O)c1cccc(C(=O)O)c1-c1cccc(N=Cc2ccccc2)c1. The van der Waals surface area contributed by atoms with Crippen molar-refractivity contribution in [3.63, 3.8) is 0 Å². The molecular formula is C21H15NO4. The van der Waals surface area contributed by atoms with Gasteiger partial charge in [-0.3, -0.25) is 4.99 Å². The first kappa shape index (κ1) is 17.1. The minimum atomic E-state index is -1.18. The zero-order chi connectivity index (χ0) is 18.5. The predicted octanol–water partition coefficient (Wildman–Crippen LogP) is 4.50. The summed E-state index contributed by atoms with van der Waals surface area (Å²) in [4.78, 5) is 27.5. The highest BCUT2D eigenvalue weighted by atomic mass is 16.4. The molecule has 0 bridgehead atoms. The van der Waals surface area contributed by atoms with E-state index in [-0.39, 0.29) is 16.7 Å². The minimum Gasteiger partial charge on any atom is -0.478 e. The fourth-order valence-electron chi connectivity index (χ4n) is 2.65. The summed E-state index contributed by atoms with van der Waals surface area (Å²) in [5.74, 6) is -2.36. The van der Waals surface area contributed by atoms with E-state index in [0.29, 0.717) is 11.3 Å². The van der Waals surface area contributed by atoms with E-state index in [1.807, 2.05) is 30.3 Å². The van der Waals surface area contributed by atoms with Crippen molar-refractivity contribution in [3.8, 4) is 11.1 Å². The van der Waals surface area contributed by atoms with Gasteiger partial charge in [-0.2, -0.15) is 0 Å². The minimum absolute atomic E-state index is 0.0610. The number of carboxylic acids is 2. The number of aromatic carboxylic acids is 2. The Hall–Kier alpha value is -3.73. The molecule has 0 radical (unpaired) electrons. The van der Waals surface area contributed by atoms with Gasteiger partial charge >= 0.3 is 11.9 Å². The third kappa shape index (κ3) is 3.67. The summed E-state index contributed by atoms with van der Waals surface area (Å²) < 4.78 is 0. The van der Waals surface area contributed by atoms with E-state index in [4.69, 9.17) is 0 Å². The molecule has 3 rings (SSSR count). The van der Waals surface area contributed by atoms with Crippen LogP contribution in [0.4, 0.5) is 5.69 Å². The van der Waals surface area contributed by atoms with Gasteiger partial charge in [0.05, 0.1) is 16.8 Å². The Bertz CT molecular complexity index is 962. The Labute approximate surface area is 149 Å². The van der Waals surface area contributed by atoms with E-state index in [2.05, 4.69) is 4.99 Å². The molecule has 0 aliphatic rings. The lowest BCUT2D eigenvalue weighted by Crippen LogP contribution is -2.06. The van der Waals surface area contributed by atoms with Crippen molar-refractivity contribution in [2.24, 2.45) is 4.99 Å². The molecular weight excluding hydrogens is 330 g/mol. The van der Waals surface area contributed by atoms with Crippen LogP contribution in [0, 0.1) is 0 Å². The van der Waals surface area contributed by atoms with Gasteiger partial charge in [0.25, 0.3) is 0 Å². The van der Waals surface area contributed by atoms with Crippen molar-refractivity contribution in [1.29, 1.82) is 0 Å². The normalized spacial score (nSPS) is 10.8. The first-order valence-electron chi connectivity index (χ1n) is 7.85. The summed E-state index contributed by atoms with van der Waals surface area (Å²) in [6.07, 6.45) is 1.69. The van der Waals surface area contributed by atoms with Crippen molar-refractivity contribution in [3.05, 3.63) is 89.5 Å². The molecule has 0 fully saturated rings. The lowest BCUT2D eigenvalue weighted by atomic mass is 9.94. The maximum Gasteiger partial charge on any atom is 0.336 e. The van der Waals surface area contributed by atoms with E-state index in [1.165, 1.54) is 18.2 Å². The molecule has 0 saturated carbocycles. The maximum absolute atomic E-state index is 11.5. The molecule has 5 heteroatoms. The van der Waals surface area contributed by atoms with Gasteiger partial charge in [0.1, 0.15) is 0 Å². The van der Waals surface area contributed by atoms with Gasteiger partial charge in [-0.05, 0) is 35.4 Å². The molecule has 0 unspecified atom stereocenters. The number of hydrogen-bond acceptors (Lipinski definition) is 3. The summed E-state index contributed by atoms with van der Waals surface area (Å²) >= 11 is 0. The van der Waals surface area contributed by atoms with Crippen LogP contribution in [0.3, 0.4) is 0 Å². The van der Waals surface area contributed by atoms with E-state index >= 15 is 0 Å². The van der Waals surface area contributed by atoms with Crippen LogP contribution >= 0.6 is 0 Å². The fraction of sp³-hybridized carbons (Fsp3) is 0. The molecule has 0 spiro atoms. The topological polar surface area (TPSA) is 87.0 Å². The molecule has 3 aromatic rings. The van der Waals surface area contributed by atoms with Crippen LogP contribution in [-0.4, -0.2) is 28.4 Å². The quantitative estimate of drug-likeness (QED) is 0.667. The van der Waals surface area contributed by atoms with Crippen molar-refractivity contribution >= 4 is 23.8 Å². The zero-order valence-electron chi connectivity index (χ0n) is 13.7. The number of nitrogens with zero attached hydrogens (tertiary/aromatic N) is 1. The smallest absolute Gasteiger partial charge is 0.336 e. The first-order valence-corrected chi connectivity index (χ1v) is 7.85. The Morgan fingerprint density at radius 1 is 0.769 bits per heavy atom. The lowest BCUT2D eigenvalue weighted by molar-refractivity contribution is 0.0696. The monoisotopic (exact) mass is 345 g/mol. The van der Waals surface area contributed by atoms with Gasteiger partial charge in [-0.25, -0.2) is 9.59 Å². The van der Waals surface area contributed by atoms with Crippen molar-refractivity contribution < 1.29 is 19.8 Å². The van der Waals surface area contributed by atoms with Crippen molar-refractivity contribution in [1.82, 2.24) is 0 Å². The molecule has 3 aromatic carbocycles. The molecule has 0 aliphatic carbocycles. The summed E-state index contributed by atoms with van der Waals surface area (Å²) in [5.41, 5.74) is 2.06. The third-order valence-corrected chi connectivity index (χ3v) is 3.82. The molecule has 0 saturated heterocycles. The summed E-state index contributed by atoms with van der Waals surface area (Å²) in [6.45, 7) is 0. The Morgan fingerprint density at radius 2 is 1.38 bits per heavy atom. The molecule has 0 aliphatic heterocycles. The summed E-state index contributed by atoms with van der Waals surface area (Å²) in [6, 6.07) is 20.6. The van der Waals surface area contributed by atoms with Gasteiger partial charge in [0.2, 0.25) is 0 Å². The highest BCUT2D eigenvalue weighted by Crippen LogP contribution is 2.30. The van der Waals surface area contributed by atoms with Gasteiger partial charge in [-0.1, -0.05) is 48.5 Å². The molecule has 128 valence electrons. The first-order chi connectivity index (χ1) is 12.6. The van der Waals surface area contributed by atoms with E-state index < -0.39 is 11.9 Å². The van der Waals surface area contributed by atoms with Crippen LogP contribution < -0.4 is 0 Å². The molecule has 2 N–H and O–H groups in total. The van der Waals surface area contributed by atoms with E-state index in [9.17, 15) is 19.8 Å². The molecule has 0 amide bonds. The van der Waals surface area contributed by atoms with Crippen LogP contribution in [0.1, 0.15) is 26.3 Å². The Morgan fingerprint density at radius 3 is 2.00 bits per heavy atom. The number of benzene rings is 3. The second-order valence-corrected chi connectivity index (χ2v) is 5.56. The summed E-state index contributed by atoms with van der Waals surface area (Å²) in [5, 5.41) is 18.9. The second kappa shape index (κ2) is 7.44. The van der Waals surface area contributed by atoms with Crippen LogP contribution in [0.15, 0.2) is 77.8 Å². The van der Waals surface area contributed by atoms with Crippen molar-refractivity contribution in [2.75, 3.05) is 0 Å². The predicted molar refractivity (Wildman–Crippen MR) is 99.5 cm³/mol. The van der Waals surface area contributed by atoms with E-state index in [0.717, 1.165) is 5.56 Å². The maximum atomic E-state index is 11.5. The van der Waals surface area contributed by atoms with E-state index in [1.54, 1.807) is 30.5 Å². The molecule has 0 atom stereocenters. The molecule has 0 aromatic heterocycles. The van der Waals surface area contributed by atoms with Gasteiger partial charge in [-0.15, -0.1) is 0 Å². The lowest BCUT2D eigenvalue weighted by Gasteiger charge is -2.10. The van der Waals surface area contributed by atoms with Crippen LogP contribution in [0.25, 0.3) is 11.1 Å². The van der Waals surface area contributed by atoms with Gasteiger partial charge in [0, 0.05) is 11.8 Å². The standard InChI is InChI=1S/C21H15NO4/c23-20(24)17-10-5-11-18(21(25)26)19(17)15-8-4-9-16(12-15)22-13-14-6-2-1-3-7-14/h1-13H,(H,23,24)(H,25,26). The third-order valence-electron chi connectivity index (χ3n) is 3.82. The highest BCUT2D eigenvalue weighted by Gasteiger charge is 2.19. The largest absolute Gasteiger partial charge is 0.478 e. The fourth-order valence-corrected chi connectivity index (χ4v) is 2.65. The highest BCUT2D eigenvalue weighted by molar-refractivity contribution is 6.05. The number of carboxylic acid groups (broad SMARTS) is 2. The molecule has 0 heterocycles. The van der Waals surface area contributed by atoms with Crippen LogP contribution in [-0.2, 0) is 0 Å². The Kier molecular flexibility index (Phi) is 4.90.